The van der Waals surface area contributed by atoms with E-state index < -0.39 is 6.10 Å². The molecule has 200 valence electrons. The molecular weight excluding hydrogens is 573 g/mol. The van der Waals surface area contributed by atoms with Gasteiger partial charge in [-0.25, -0.2) is 4.98 Å². The van der Waals surface area contributed by atoms with E-state index in [0.717, 1.165) is 26.5 Å². The zero-order valence-electron chi connectivity index (χ0n) is 21.4. The number of carbonyl (C=O) groups is 1. The molecule has 2 heterocycles. The lowest BCUT2D eigenvalue weighted by molar-refractivity contribution is -0.113. The molecule has 11 heteroatoms. The Balaban J connectivity index is 1.20. The number of hydrogen-bond acceptors (Lipinski definition) is 7. The summed E-state index contributed by atoms with van der Waals surface area (Å²) in [5.41, 5.74) is 3.94. The van der Waals surface area contributed by atoms with E-state index in [9.17, 15) is 4.79 Å². The van der Waals surface area contributed by atoms with Gasteiger partial charge in [-0.05, 0) is 74.9 Å². The van der Waals surface area contributed by atoms with E-state index in [0.29, 0.717) is 33.3 Å². The van der Waals surface area contributed by atoms with Gasteiger partial charge in [-0.2, -0.15) is 0 Å². The van der Waals surface area contributed by atoms with E-state index in [2.05, 4.69) is 34.6 Å². The number of rotatable bonds is 9. The van der Waals surface area contributed by atoms with Crippen molar-refractivity contribution in [2.75, 3.05) is 11.1 Å². The van der Waals surface area contributed by atoms with Crippen molar-refractivity contribution in [1.82, 2.24) is 19.7 Å². The van der Waals surface area contributed by atoms with Gasteiger partial charge in [0.05, 0.1) is 21.0 Å². The van der Waals surface area contributed by atoms with E-state index in [1.54, 1.807) is 29.5 Å². The third kappa shape index (κ3) is 6.38. The normalized spacial score (nSPS) is 12.0. The number of hydrogen-bond donors (Lipinski definition) is 1. The number of thiazole rings is 1. The van der Waals surface area contributed by atoms with E-state index in [4.69, 9.17) is 32.9 Å². The molecule has 1 unspecified atom stereocenters. The van der Waals surface area contributed by atoms with Gasteiger partial charge in [0.25, 0.3) is 0 Å². The van der Waals surface area contributed by atoms with Gasteiger partial charge in [0.2, 0.25) is 5.91 Å². The van der Waals surface area contributed by atoms with Gasteiger partial charge in [-0.1, -0.05) is 41.0 Å². The van der Waals surface area contributed by atoms with Crippen LogP contribution < -0.4 is 10.1 Å². The molecule has 0 spiro atoms. The molecule has 39 heavy (non-hydrogen) atoms. The number of benzene rings is 3. The van der Waals surface area contributed by atoms with E-state index in [-0.39, 0.29) is 11.7 Å². The van der Waals surface area contributed by atoms with Crippen molar-refractivity contribution in [3.05, 3.63) is 82.1 Å². The number of aromatic nitrogens is 4. The zero-order chi connectivity index (χ0) is 27.5. The molecule has 1 atom stereocenters. The van der Waals surface area contributed by atoms with Gasteiger partial charge >= 0.3 is 0 Å². The highest BCUT2D eigenvalue weighted by Crippen LogP contribution is 2.33. The molecule has 7 nitrogen and oxygen atoms in total. The largest absolute Gasteiger partial charge is 0.481 e. The third-order valence-electron chi connectivity index (χ3n) is 5.91. The summed E-state index contributed by atoms with van der Waals surface area (Å²) >= 11 is 15.3. The van der Waals surface area contributed by atoms with Crippen LogP contribution in [-0.4, -0.2) is 31.4 Å². The van der Waals surface area contributed by atoms with E-state index in [1.165, 1.54) is 17.3 Å². The molecule has 2 aromatic heterocycles. The Bertz CT molecular complexity index is 1640. The lowest BCUT2D eigenvalue weighted by Crippen LogP contribution is -2.15. The number of nitrogens with zero attached hydrogens (tertiary/aromatic N) is 4. The van der Waals surface area contributed by atoms with Crippen LogP contribution in [0.4, 0.5) is 5.69 Å². The summed E-state index contributed by atoms with van der Waals surface area (Å²) in [6.07, 6.45) is -0.422. The van der Waals surface area contributed by atoms with Crippen LogP contribution in [0.3, 0.4) is 0 Å². The first-order valence-electron chi connectivity index (χ1n) is 12.3. The van der Waals surface area contributed by atoms with Crippen LogP contribution in [0.25, 0.3) is 20.8 Å². The molecule has 0 fully saturated rings. The summed E-state index contributed by atoms with van der Waals surface area (Å²) in [7, 11) is 0. The Labute approximate surface area is 244 Å². The van der Waals surface area contributed by atoms with E-state index in [1.807, 2.05) is 48.7 Å². The molecule has 1 amide bonds. The van der Waals surface area contributed by atoms with E-state index >= 15 is 0 Å². The van der Waals surface area contributed by atoms with Gasteiger partial charge in [0, 0.05) is 28.9 Å². The van der Waals surface area contributed by atoms with Crippen LogP contribution in [0.1, 0.15) is 31.3 Å². The maximum absolute atomic E-state index is 12.7. The fraction of sp³-hybridized carbons (Fsp3) is 0.214. The SMILES string of the molecule is CCn1c(SCC(=O)Nc2ccc(-c3nc4ccc(C)cc4s3)cc2)nnc1C(C)Oc1cc(Cl)ccc1Cl. The predicted octanol–water partition coefficient (Wildman–Crippen LogP) is 8.06. The van der Waals surface area contributed by atoms with Crippen molar-refractivity contribution in [1.29, 1.82) is 0 Å². The number of halogens is 2. The quantitative estimate of drug-likeness (QED) is 0.173. The molecule has 0 aliphatic rings. The molecular formula is C28H25Cl2N5O2S2. The van der Waals surface area contributed by atoms with Crippen LogP contribution in [0.2, 0.25) is 10.0 Å². The number of thioether (sulfide) groups is 1. The molecule has 5 aromatic rings. The minimum atomic E-state index is -0.422. The molecule has 3 aromatic carbocycles. The third-order valence-corrected chi connectivity index (χ3v) is 8.50. The molecule has 5 rings (SSSR count). The first kappa shape index (κ1) is 27.5. The second-order valence-electron chi connectivity index (χ2n) is 8.82. The highest BCUT2D eigenvalue weighted by atomic mass is 35.5. The summed E-state index contributed by atoms with van der Waals surface area (Å²) in [6, 6.07) is 19.0. The minimum absolute atomic E-state index is 0.134. The van der Waals surface area contributed by atoms with Crippen LogP contribution >= 0.6 is 46.3 Å². The lowest BCUT2D eigenvalue weighted by Gasteiger charge is -2.16. The van der Waals surface area contributed by atoms with Gasteiger partial charge in [-0.3, -0.25) is 4.79 Å². The molecule has 0 saturated carbocycles. The predicted molar refractivity (Wildman–Crippen MR) is 160 cm³/mol. The average molecular weight is 599 g/mol. The number of ether oxygens (including phenoxy) is 1. The highest BCUT2D eigenvalue weighted by molar-refractivity contribution is 7.99. The first-order valence-corrected chi connectivity index (χ1v) is 14.8. The summed E-state index contributed by atoms with van der Waals surface area (Å²) in [4.78, 5) is 17.4. The Morgan fingerprint density at radius 2 is 1.90 bits per heavy atom. The Hall–Kier alpha value is -3.11. The van der Waals surface area contributed by atoms with Crippen LogP contribution in [0.5, 0.6) is 5.75 Å². The number of nitrogens with one attached hydrogen (secondary N) is 1. The summed E-state index contributed by atoms with van der Waals surface area (Å²) in [6.45, 7) is 6.56. The van der Waals surface area contributed by atoms with Crippen molar-refractivity contribution >= 4 is 68.1 Å². The molecule has 0 aliphatic heterocycles. The van der Waals surface area contributed by atoms with Crippen LogP contribution in [0, 0.1) is 6.92 Å². The monoisotopic (exact) mass is 597 g/mol. The number of carbonyl (C=O) groups excluding carboxylic acids is 1. The molecule has 0 bridgehead atoms. The van der Waals surface area contributed by atoms with Crippen molar-refractivity contribution in [2.24, 2.45) is 0 Å². The Morgan fingerprint density at radius 3 is 2.67 bits per heavy atom. The van der Waals surface area contributed by atoms with Gasteiger partial charge in [0.1, 0.15) is 10.8 Å². The molecule has 0 saturated heterocycles. The maximum atomic E-state index is 12.7. The summed E-state index contributed by atoms with van der Waals surface area (Å²) in [5.74, 6) is 1.16. The van der Waals surface area contributed by atoms with Crippen LogP contribution in [0.15, 0.2) is 65.8 Å². The average Bonchev–Trinajstić information content (AvgIpc) is 3.53. The smallest absolute Gasteiger partial charge is 0.234 e. The maximum Gasteiger partial charge on any atom is 0.234 e. The van der Waals surface area contributed by atoms with Crippen molar-refractivity contribution in [3.8, 4) is 16.3 Å². The van der Waals surface area contributed by atoms with Crippen molar-refractivity contribution < 1.29 is 9.53 Å². The second kappa shape index (κ2) is 12.0. The minimum Gasteiger partial charge on any atom is -0.481 e. The van der Waals surface area contributed by atoms with Crippen molar-refractivity contribution in [3.63, 3.8) is 0 Å². The zero-order valence-corrected chi connectivity index (χ0v) is 24.6. The highest BCUT2D eigenvalue weighted by Gasteiger charge is 2.20. The van der Waals surface area contributed by atoms with Gasteiger partial charge in [-0.15, -0.1) is 21.5 Å². The molecule has 0 radical (unpaired) electrons. The van der Waals surface area contributed by atoms with Gasteiger partial charge in [0.15, 0.2) is 17.1 Å². The first-order chi connectivity index (χ1) is 18.8. The number of fused-ring (bicyclic) bond motifs is 1. The Kier molecular flexibility index (Phi) is 8.42. The summed E-state index contributed by atoms with van der Waals surface area (Å²) < 4.78 is 9.09. The lowest BCUT2D eigenvalue weighted by atomic mass is 10.2. The number of anilines is 1. The fourth-order valence-electron chi connectivity index (χ4n) is 3.99. The molecule has 1 N–H and O–H groups in total. The number of aryl methyl sites for hydroxylation is 1. The van der Waals surface area contributed by atoms with Crippen molar-refractivity contribution in [2.45, 2.75) is 38.6 Å². The number of amides is 1. The second-order valence-corrected chi connectivity index (χ2v) is 11.6. The van der Waals surface area contributed by atoms with Crippen LogP contribution in [-0.2, 0) is 11.3 Å². The summed E-state index contributed by atoms with van der Waals surface area (Å²) in [5, 5.41) is 14.1. The standard InChI is InChI=1S/C28H25Cl2N5O2S2/c1-4-35-26(17(3)37-23-14-19(29)8-11-21(23)30)33-34-28(35)38-15-25(36)31-20-9-6-18(7-10-20)27-32-22-12-5-16(2)13-24(22)39-27/h5-14,17H,4,15H2,1-3H3,(H,31,36). The van der Waals surface area contributed by atoms with Gasteiger partial charge < -0.3 is 14.6 Å². The molecule has 0 aliphatic carbocycles. The Morgan fingerprint density at radius 1 is 1.10 bits per heavy atom. The fourth-order valence-corrected chi connectivity index (χ4v) is 6.20. The topological polar surface area (TPSA) is 81.9 Å².